The summed E-state index contributed by atoms with van der Waals surface area (Å²) >= 11 is 3.32. The summed E-state index contributed by atoms with van der Waals surface area (Å²) in [6, 6.07) is 5.25. The second-order valence-electron chi connectivity index (χ2n) is 3.99. The summed E-state index contributed by atoms with van der Waals surface area (Å²) in [5, 5.41) is 10.9. The Morgan fingerprint density at radius 3 is 2.78 bits per heavy atom. The molecule has 1 heterocycles. The largest absolute Gasteiger partial charge is 0.478 e. The maximum Gasteiger partial charge on any atom is 0.335 e. The Morgan fingerprint density at radius 2 is 2.22 bits per heavy atom. The minimum Gasteiger partial charge on any atom is -0.478 e. The normalized spacial score (nSPS) is 10.6. The van der Waals surface area contributed by atoms with Crippen molar-refractivity contribution in [2.45, 2.75) is 23.9 Å². The van der Waals surface area contributed by atoms with Crippen LogP contribution in [0.3, 0.4) is 0 Å². The average Bonchev–Trinajstić information content (AvgIpc) is 2.73. The highest BCUT2D eigenvalue weighted by Gasteiger charge is 2.07. The average molecular weight is 279 g/mol. The van der Waals surface area contributed by atoms with Gasteiger partial charge in [-0.15, -0.1) is 11.3 Å². The van der Waals surface area contributed by atoms with E-state index >= 15 is 0 Å². The summed E-state index contributed by atoms with van der Waals surface area (Å²) in [5.41, 5.74) is 3.54. The number of rotatable bonds is 4. The molecule has 2 rings (SSSR count). The molecule has 0 bridgehead atoms. The molecule has 0 amide bonds. The number of carboxylic acid groups (broad SMARTS) is 1. The van der Waals surface area contributed by atoms with Gasteiger partial charge < -0.3 is 5.11 Å². The van der Waals surface area contributed by atoms with Crippen molar-refractivity contribution < 1.29 is 9.90 Å². The molecule has 0 spiro atoms. The fraction of sp³-hybridized carbons (Fsp3) is 0.231. The van der Waals surface area contributed by atoms with E-state index in [1.807, 2.05) is 25.3 Å². The highest BCUT2D eigenvalue weighted by atomic mass is 32.2. The Hall–Kier alpha value is -1.33. The third kappa shape index (κ3) is 3.11. The van der Waals surface area contributed by atoms with Crippen molar-refractivity contribution in [2.75, 3.05) is 0 Å². The number of nitrogens with zero attached hydrogens (tertiary/aromatic N) is 1. The van der Waals surface area contributed by atoms with E-state index in [0.29, 0.717) is 5.56 Å². The smallest absolute Gasteiger partial charge is 0.335 e. The van der Waals surface area contributed by atoms with Gasteiger partial charge in [-0.25, -0.2) is 9.78 Å². The van der Waals surface area contributed by atoms with Gasteiger partial charge in [-0.3, -0.25) is 0 Å². The van der Waals surface area contributed by atoms with Crippen molar-refractivity contribution in [3.8, 4) is 0 Å². The minimum absolute atomic E-state index is 0.339. The molecule has 0 atom stereocenters. The lowest BCUT2D eigenvalue weighted by molar-refractivity contribution is 0.0697. The number of aromatic carboxylic acids is 1. The molecule has 1 aromatic carbocycles. The van der Waals surface area contributed by atoms with E-state index in [1.54, 1.807) is 35.2 Å². The standard InChI is InChI=1S/C13H13NO2S2/c1-8-5-10(12(15)16)3-4-11(8)7-18-13-14-9(2)6-17-13/h3-6H,7H2,1-2H3,(H,15,16). The number of carbonyl (C=O) groups is 1. The van der Waals surface area contributed by atoms with Crippen LogP contribution in [0.5, 0.6) is 0 Å². The quantitative estimate of drug-likeness (QED) is 0.866. The minimum atomic E-state index is -0.882. The summed E-state index contributed by atoms with van der Waals surface area (Å²) in [6.07, 6.45) is 0. The first-order valence-electron chi connectivity index (χ1n) is 5.44. The van der Waals surface area contributed by atoms with Crippen molar-refractivity contribution in [1.82, 2.24) is 4.98 Å². The Bertz CT molecular complexity index is 578. The second-order valence-corrected chi connectivity index (χ2v) is 6.07. The number of thioether (sulfide) groups is 1. The summed E-state index contributed by atoms with van der Waals surface area (Å²) in [4.78, 5) is 15.2. The summed E-state index contributed by atoms with van der Waals surface area (Å²) in [6.45, 7) is 3.92. The van der Waals surface area contributed by atoms with Crippen LogP contribution >= 0.6 is 23.1 Å². The molecule has 2 aromatic rings. The fourth-order valence-corrected chi connectivity index (χ4v) is 3.45. The first kappa shape index (κ1) is 13.1. The van der Waals surface area contributed by atoms with Crippen LogP contribution in [0.1, 0.15) is 27.2 Å². The monoisotopic (exact) mass is 279 g/mol. The molecule has 1 N–H and O–H groups in total. The van der Waals surface area contributed by atoms with Crippen molar-refractivity contribution in [2.24, 2.45) is 0 Å². The Kier molecular flexibility index (Phi) is 4.04. The van der Waals surface area contributed by atoms with Crippen molar-refractivity contribution in [3.63, 3.8) is 0 Å². The molecule has 0 aliphatic rings. The van der Waals surface area contributed by atoms with Crippen molar-refractivity contribution in [3.05, 3.63) is 46.0 Å². The molecule has 0 aliphatic heterocycles. The number of benzene rings is 1. The van der Waals surface area contributed by atoms with Gasteiger partial charge in [0.05, 0.1) is 5.56 Å². The van der Waals surface area contributed by atoms with Gasteiger partial charge in [0.25, 0.3) is 0 Å². The first-order valence-corrected chi connectivity index (χ1v) is 7.30. The molecule has 0 unspecified atom stereocenters. The molecule has 94 valence electrons. The maximum absolute atomic E-state index is 10.8. The van der Waals surface area contributed by atoms with Crippen LogP contribution in [0.15, 0.2) is 27.9 Å². The van der Waals surface area contributed by atoms with E-state index < -0.39 is 5.97 Å². The number of thiazole rings is 1. The van der Waals surface area contributed by atoms with Gasteiger partial charge in [-0.2, -0.15) is 0 Å². The van der Waals surface area contributed by atoms with Crippen LogP contribution in [0.25, 0.3) is 0 Å². The summed E-state index contributed by atoms with van der Waals surface area (Å²) in [7, 11) is 0. The van der Waals surface area contributed by atoms with E-state index in [0.717, 1.165) is 26.9 Å². The van der Waals surface area contributed by atoms with Gasteiger partial charge in [0.2, 0.25) is 0 Å². The molecule has 0 saturated carbocycles. The number of carboxylic acids is 1. The zero-order chi connectivity index (χ0) is 13.1. The highest BCUT2D eigenvalue weighted by Crippen LogP contribution is 2.27. The third-order valence-corrected chi connectivity index (χ3v) is 4.73. The van der Waals surface area contributed by atoms with E-state index in [-0.39, 0.29) is 0 Å². The predicted octanol–water partition coefficient (Wildman–Crippen LogP) is 3.75. The molecule has 1 aromatic heterocycles. The molecule has 18 heavy (non-hydrogen) atoms. The van der Waals surface area contributed by atoms with E-state index in [2.05, 4.69) is 4.98 Å². The molecule has 3 nitrogen and oxygen atoms in total. The number of hydrogen-bond donors (Lipinski definition) is 1. The summed E-state index contributed by atoms with van der Waals surface area (Å²) in [5.74, 6) is -0.0635. The van der Waals surface area contributed by atoms with E-state index in [4.69, 9.17) is 5.11 Å². The fourth-order valence-electron chi connectivity index (χ4n) is 1.53. The first-order chi connectivity index (χ1) is 8.56. The molecule has 5 heteroatoms. The second kappa shape index (κ2) is 5.54. The van der Waals surface area contributed by atoms with Crippen LogP contribution in [0.2, 0.25) is 0 Å². The summed E-state index contributed by atoms with van der Waals surface area (Å²) < 4.78 is 1.05. The van der Waals surface area contributed by atoms with Crippen LogP contribution < -0.4 is 0 Å². The highest BCUT2D eigenvalue weighted by molar-refractivity contribution is 8.00. The molecular weight excluding hydrogens is 266 g/mol. The lowest BCUT2D eigenvalue weighted by Crippen LogP contribution is -1.98. The van der Waals surface area contributed by atoms with Gasteiger partial charge in [-0.1, -0.05) is 17.8 Å². The zero-order valence-electron chi connectivity index (χ0n) is 10.1. The van der Waals surface area contributed by atoms with Crippen LogP contribution in [0, 0.1) is 13.8 Å². The topological polar surface area (TPSA) is 50.2 Å². The number of aromatic nitrogens is 1. The molecule has 0 aliphatic carbocycles. The Balaban J connectivity index is 2.08. The zero-order valence-corrected chi connectivity index (χ0v) is 11.8. The molecule has 0 fully saturated rings. The van der Waals surface area contributed by atoms with Gasteiger partial charge in [0.1, 0.15) is 4.34 Å². The SMILES string of the molecule is Cc1csc(SCc2ccc(C(=O)O)cc2C)n1. The van der Waals surface area contributed by atoms with Gasteiger partial charge in [0.15, 0.2) is 0 Å². The Morgan fingerprint density at radius 1 is 1.44 bits per heavy atom. The number of hydrogen-bond acceptors (Lipinski definition) is 4. The predicted molar refractivity (Wildman–Crippen MR) is 74.6 cm³/mol. The van der Waals surface area contributed by atoms with E-state index in [1.165, 1.54) is 0 Å². The number of aryl methyl sites for hydroxylation is 2. The van der Waals surface area contributed by atoms with Gasteiger partial charge in [0, 0.05) is 16.8 Å². The third-order valence-electron chi connectivity index (χ3n) is 2.54. The maximum atomic E-state index is 10.8. The lowest BCUT2D eigenvalue weighted by atomic mass is 10.1. The molecular formula is C13H13NO2S2. The van der Waals surface area contributed by atoms with Crippen LogP contribution in [-0.2, 0) is 5.75 Å². The van der Waals surface area contributed by atoms with Gasteiger partial charge >= 0.3 is 5.97 Å². The van der Waals surface area contributed by atoms with Gasteiger partial charge in [-0.05, 0) is 37.1 Å². The molecule has 0 saturated heterocycles. The van der Waals surface area contributed by atoms with Crippen molar-refractivity contribution in [1.29, 1.82) is 0 Å². The van der Waals surface area contributed by atoms with Crippen molar-refractivity contribution >= 4 is 29.1 Å². The van der Waals surface area contributed by atoms with Crippen LogP contribution in [-0.4, -0.2) is 16.1 Å². The van der Waals surface area contributed by atoms with Crippen LogP contribution in [0.4, 0.5) is 0 Å². The molecule has 0 radical (unpaired) electrons. The van der Waals surface area contributed by atoms with E-state index in [9.17, 15) is 4.79 Å². The Labute approximate surface area is 114 Å². The lowest BCUT2D eigenvalue weighted by Gasteiger charge is -2.05.